The van der Waals surface area contributed by atoms with Crippen LogP contribution in [0.15, 0.2) is 72.5 Å². The van der Waals surface area contributed by atoms with E-state index in [9.17, 15) is 19.2 Å². The minimum absolute atomic E-state index is 0.255. The van der Waals surface area contributed by atoms with Crippen LogP contribution < -0.4 is 10.6 Å². The molecule has 3 atom stereocenters. The molecule has 0 aliphatic carbocycles. The van der Waals surface area contributed by atoms with E-state index in [1.54, 1.807) is 25.7 Å². The van der Waals surface area contributed by atoms with Crippen molar-refractivity contribution >= 4 is 23.9 Å². The van der Waals surface area contributed by atoms with Crippen molar-refractivity contribution < 1.29 is 33.4 Å². The minimum Gasteiger partial charge on any atom is -0.471 e. The van der Waals surface area contributed by atoms with Gasteiger partial charge in [0.05, 0.1) is 12.1 Å². The Morgan fingerprint density at radius 1 is 0.886 bits per heavy atom. The third kappa shape index (κ3) is 9.86. The average molecular weight is 608 g/mol. The zero-order valence-electron chi connectivity index (χ0n) is 26.5. The molecule has 2 N–H and O–H groups in total. The van der Waals surface area contributed by atoms with Gasteiger partial charge in [0.1, 0.15) is 5.60 Å². The minimum atomic E-state index is -1.32. The van der Waals surface area contributed by atoms with E-state index in [1.165, 1.54) is 13.0 Å². The predicted molar refractivity (Wildman–Crippen MR) is 166 cm³/mol. The van der Waals surface area contributed by atoms with Gasteiger partial charge in [-0.2, -0.15) is 0 Å². The lowest BCUT2D eigenvalue weighted by Crippen LogP contribution is -2.63. The summed E-state index contributed by atoms with van der Waals surface area (Å²) < 4.78 is 17.6. The van der Waals surface area contributed by atoms with Gasteiger partial charge in [0, 0.05) is 20.0 Å². The van der Waals surface area contributed by atoms with Gasteiger partial charge in [0.25, 0.3) is 5.91 Å². The molecular weight excluding hydrogens is 562 g/mol. The van der Waals surface area contributed by atoms with E-state index in [4.69, 9.17) is 14.2 Å². The fraction of sp³-hybridized carbons (Fsp3) is 0.471. The maximum Gasteiger partial charge on any atom is 0.408 e. The molecule has 238 valence electrons. The Balaban J connectivity index is 2.04. The summed E-state index contributed by atoms with van der Waals surface area (Å²) in [5.41, 5.74) is 0.671. The molecule has 0 aromatic heterocycles. The van der Waals surface area contributed by atoms with Crippen LogP contribution in [-0.2, 0) is 28.6 Å². The van der Waals surface area contributed by atoms with E-state index < -0.39 is 53.8 Å². The van der Waals surface area contributed by atoms with Crippen molar-refractivity contribution in [1.82, 2.24) is 15.5 Å². The normalized spacial score (nSPS) is 18.0. The number of amides is 3. The number of hydrogen-bond acceptors (Lipinski definition) is 7. The maximum atomic E-state index is 14.0. The topological polar surface area (TPSA) is 123 Å². The van der Waals surface area contributed by atoms with Crippen LogP contribution in [0.25, 0.3) is 0 Å². The second-order valence-corrected chi connectivity index (χ2v) is 11.8. The lowest BCUT2D eigenvalue weighted by Gasteiger charge is -2.39. The summed E-state index contributed by atoms with van der Waals surface area (Å²) in [6.07, 6.45) is 0.833. The maximum absolute atomic E-state index is 14.0. The monoisotopic (exact) mass is 607 g/mol. The van der Waals surface area contributed by atoms with Crippen LogP contribution in [0.1, 0.15) is 78.0 Å². The Morgan fingerprint density at radius 2 is 1.48 bits per heavy atom. The predicted octanol–water partition coefficient (Wildman–Crippen LogP) is 5.04. The third-order valence-electron chi connectivity index (χ3n) is 6.81. The number of rotatable bonds is 12. The SMILES string of the molecule is CCCCN(CCC)C(=O)[C@@H]1OC(C(=O)OC(c2ccccc2)c2ccccc2)=C[C@H](NC(=O)OC(C)(C)C)[C@H]1NC(C)=O. The molecule has 10 nitrogen and oxygen atoms in total. The second kappa shape index (κ2) is 15.9. The lowest BCUT2D eigenvalue weighted by molar-refractivity contribution is -0.154. The van der Waals surface area contributed by atoms with E-state index in [2.05, 4.69) is 10.6 Å². The van der Waals surface area contributed by atoms with Gasteiger partial charge in [0.2, 0.25) is 11.7 Å². The highest BCUT2D eigenvalue weighted by Crippen LogP contribution is 2.29. The Hall–Kier alpha value is -4.34. The zero-order valence-corrected chi connectivity index (χ0v) is 26.5. The highest BCUT2D eigenvalue weighted by atomic mass is 16.6. The van der Waals surface area contributed by atoms with Crippen molar-refractivity contribution in [2.45, 2.75) is 90.7 Å². The van der Waals surface area contributed by atoms with Crippen LogP contribution in [0.5, 0.6) is 0 Å². The summed E-state index contributed by atoms with van der Waals surface area (Å²) in [7, 11) is 0. The molecule has 2 aromatic rings. The summed E-state index contributed by atoms with van der Waals surface area (Å²) in [6.45, 7) is 11.4. The van der Waals surface area contributed by atoms with Crippen molar-refractivity contribution in [3.8, 4) is 0 Å². The smallest absolute Gasteiger partial charge is 0.408 e. The number of carbonyl (C=O) groups excluding carboxylic acids is 4. The number of unbranched alkanes of at least 4 members (excludes halogenated alkanes) is 1. The Labute approximate surface area is 260 Å². The molecule has 2 aromatic carbocycles. The van der Waals surface area contributed by atoms with Crippen molar-refractivity contribution in [1.29, 1.82) is 0 Å². The summed E-state index contributed by atoms with van der Waals surface area (Å²) in [6, 6.07) is 16.5. The van der Waals surface area contributed by atoms with Crippen LogP contribution in [0.2, 0.25) is 0 Å². The van der Waals surface area contributed by atoms with Crippen molar-refractivity contribution in [2.24, 2.45) is 0 Å². The van der Waals surface area contributed by atoms with Crippen molar-refractivity contribution in [3.63, 3.8) is 0 Å². The molecule has 44 heavy (non-hydrogen) atoms. The first kappa shape index (κ1) is 34.2. The van der Waals surface area contributed by atoms with Gasteiger partial charge in [0.15, 0.2) is 12.2 Å². The lowest BCUT2D eigenvalue weighted by atomic mass is 9.96. The fourth-order valence-electron chi connectivity index (χ4n) is 4.88. The van der Waals surface area contributed by atoms with Gasteiger partial charge in [-0.15, -0.1) is 0 Å². The van der Waals surface area contributed by atoms with Crippen LogP contribution in [0.4, 0.5) is 4.79 Å². The Kier molecular flexibility index (Phi) is 12.4. The van der Waals surface area contributed by atoms with E-state index in [0.29, 0.717) is 19.5 Å². The summed E-state index contributed by atoms with van der Waals surface area (Å²) >= 11 is 0. The molecule has 1 aliphatic heterocycles. The standard InChI is InChI=1S/C34H45N3O7/c1-7-9-21-37(20-8-2)31(39)30-28(35-23(3)38)26(36-33(41)44-34(4,5)6)22-27(42-30)32(40)43-29(24-16-12-10-13-17-24)25-18-14-11-15-19-25/h10-19,22,26,28-30H,7-9,20-21H2,1-6H3,(H,35,38)(H,36,41)/t26-,28+,30+/m0/s1. The Morgan fingerprint density at radius 3 is 1.98 bits per heavy atom. The van der Waals surface area contributed by atoms with E-state index in [-0.39, 0.29) is 5.76 Å². The van der Waals surface area contributed by atoms with Crippen molar-refractivity contribution in [2.75, 3.05) is 13.1 Å². The molecule has 0 spiro atoms. The van der Waals surface area contributed by atoms with E-state index >= 15 is 0 Å². The quantitative estimate of drug-likeness (QED) is 0.324. The number of nitrogens with one attached hydrogen (secondary N) is 2. The molecule has 3 amide bonds. The summed E-state index contributed by atoms with van der Waals surface area (Å²) in [4.78, 5) is 54.7. The Bertz CT molecular complexity index is 1250. The third-order valence-corrected chi connectivity index (χ3v) is 6.81. The first-order valence-corrected chi connectivity index (χ1v) is 15.2. The number of esters is 1. The number of hydrogen-bond donors (Lipinski definition) is 2. The van der Waals surface area contributed by atoms with Gasteiger partial charge in [-0.05, 0) is 50.8 Å². The highest BCUT2D eigenvalue weighted by Gasteiger charge is 2.45. The number of nitrogens with zero attached hydrogens (tertiary/aromatic N) is 1. The zero-order chi connectivity index (χ0) is 32.3. The molecule has 0 bridgehead atoms. The highest BCUT2D eigenvalue weighted by molar-refractivity contribution is 5.90. The van der Waals surface area contributed by atoms with Crippen LogP contribution in [0, 0.1) is 0 Å². The first-order valence-electron chi connectivity index (χ1n) is 15.2. The molecule has 0 saturated heterocycles. The number of alkyl carbamates (subject to hydrolysis) is 1. The molecule has 0 unspecified atom stereocenters. The van der Waals surface area contributed by atoms with Crippen LogP contribution >= 0.6 is 0 Å². The van der Waals surface area contributed by atoms with Crippen LogP contribution in [0.3, 0.4) is 0 Å². The summed E-state index contributed by atoms with van der Waals surface area (Å²) in [5, 5.41) is 5.48. The largest absolute Gasteiger partial charge is 0.471 e. The van der Waals surface area contributed by atoms with Gasteiger partial charge >= 0.3 is 12.1 Å². The van der Waals surface area contributed by atoms with Gasteiger partial charge in [-0.25, -0.2) is 9.59 Å². The molecule has 10 heteroatoms. The molecule has 1 heterocycles. The number of carbonyl (C=O) groups is 4. The molecular formula is C34H45N3O7. The molecule has 1 aliphatic rings. The van der Waals surface area contributed by atoms with E-state index in [1.807, 2.05) is 74.5 Å². The van der Waals surface area contributed by atoms with Gasteiger partial charge < -0.3 is 29.7 Å². The first-order chi connectivity index (χ1) is 20.9. The van der Waals surface area contributed by atoms with Crippen molar-refractivity contribution in [3.05, 3.63) is 83.6 Å². The van der Waals surface area contributed by atoms with E-state index in [0.717, 1.165) is 24.0 Å². The van der Waals surface area contributed by atoms with Gasteiger partial charge in [-0.1, -0.05) is 80.9 Å². The number of benzene rings is 2. The van der Waals surface area contributed by atoms with Gasteiger partial charge in [-0.3, -0.25) is 9.59 Å². The molecule has 0 radical (unpaired) electrons. The number of ether oxygens (including phenoxy) is 3. The molecule has 3 rings (SSSR count). The second-order valence-electron chi connectivity index (χ2n) is 11.8. The average Bonchev–Trinajstić information content (AvgIpc) is 2.98. The molecule has 0 saturated carbocycles. The molecule has 0 fully saturated rings. The van der Waals surface area contributed by atoms with Crippen LogP contribution in [-0.4, -0.2) is 65.7 Å². The summed E-state index contributed by atoms with van der Waals surface area (Å²) in [5.74, 6) is -1.92. The fourth-order valence-corrected chi connectivity index (χ4v) is 4.88.